The van der Waals surface area contributed by atoms with Gasteiger partial charge in [0.25, 0.3) is 8.32 Å². The minimum Gasteiger partial charge on any atom is -0.408 e. The molecule has 0 aromatic heterocycles. The summed E-state index contributed by atoms with van der Waals surface area (Å²) < 4.78 is 6.55. The smallest absolute Gasteiger partial charge is 0.255 e. The number of hydrogen-bond donors (Lipinski definition) is 0. The molecule has 1 fully saturated rings. The van der Waals surface area contributed by atoms with Crippen LogP contribution in [0.2, 0.25) is 6.04 Å². The standard InChI is InChI=1S/C19H24OSi/c1-15-11-12-19(17(3)16(15)2)21(14-8-7-13-20-21)18-9-5-4-6-10-18/h4-6,9-12H,7-8,13-14H2,1-3H3. The van der Waals surface area contributed by atoms with Gasteiger partial charge in [0.2, 0.25) is 0 Å². The summed E-state index contributed by atoms with van der Waals surface area (Å²) in [6, 6.07) is 16.8. The van der Waals surface area contributed by atoms with Crippen LogP contribution < -0.4 is 10.4 Å². The third-order valence-corrected chi connectivity index (χ3v) is 9.44. The molecule has 0 saturated carbocycles. The predicted octanol–water partition coefficient (Wildman–Crippen LogP) is 3.48. The molecule has 2 heteroatoms. The maximum Gasteiger partial charge on any atom is 0.255 e. The minimum absolute atomic E-state index is 0.910. The van der Waals surface area contributed by atoms with Crippen LogP contribution in [0.5, 0.6) is 0 Å². The van der Waals surface area contributed by atoms with Crippen molar-refractivity contribution in [2.24, 2.45) is 0 Å². The van der Waals surface area contributed by atoms with Crippen LogP contribution in [0.1, 0.15) is 29.5 Å². The maximum atomic E-state index is 6.55. The van der Waals surface area contributed by atoms with Crippen LogP contribution in [0.15, 0.2) is 42.5 Å². The lowest BCUT2D eigenvalue weighted by atomic mass is 10.1. The minimum atomic E-state index is -2.03. The summed E-state index contributed by atoms with van der Waals surface area (Å²) in [5.74, 6) is 0. The molecule has 1 unspecified atom stereocenters. The van der Waals surface area contributed by atoms with Crippen molar-refractivity contribution in [2.45, 2.75) is 39.7 Å². The van der Waals surface area contributed by atoms with E-state index in [1.54, 1.807) is 0 Å². The van der Waals surface area contributed by atoms with Gasteiger partial charge in [-0.3, -0.25) is 0 Å². The fourth-order valence-corrected chi connectivity index (χ4v) is 7.94. The monoisotopic (exact) mass is 296 g/mol. The van der Waals surface area contributed by atoms with E-state index in [2.05, 4.69) is 63.2 Å². The molecule has 1 aliphatic heterocycles. The average molecular weight is 296 g/mol. The molecule has 2 aromatic rings. The van der Waals surface area contributed by atoms with Crippen molar-refractivity contribution in [2.75, 3.05) is 6.61 Å². The van der Waals surface area contributed by atoms with E-state index in [4.69, 9.17) is 4.43 Å². The van der Waals surface area contributed by atoms with Gasteiger partial charge in [-0.25, -0.2) is 0 Å². The normalized spacial score (nSPS) is 22.2. The summed E-state index contributed by atoms with van der Waals surface area (Å²) in [6.07, 6.45) is 2.49. The van der Waals surface area contributed by atoms with Crippen LogP contribution in [-0.4, -0.2) is 14.9 Å². The number of rotatable bonds is 2. The van der Waals surface area contributed by atoms with E-state index >= 15 is 0 Å². The van der Waals surface area contributed by atoms with Crippen molar-refractivity contribution in [3.63, 3.8) is 0 Å². The van der Waals surface area contributed by atoms with Gasteiger partial charge in [-0.05, 0) is 60.3 Å². The Kier molecular flexibility index (Phi) is 4.00. The van der Waals surface area contributed by atoms with E-state index in [1.807, 2.05) is 0 Å². The lowest BCUT2D eigenvalue weighted by Gasteiger charge is -2.37. The van der Waals surface area contributed by atoms with Crippen molar-refractivity contribution in [3.05, 3.63) is 59.2 Å². The summed E-state index contributed by atoms with van der Waals surface area (Å²) in [5.41, 5.74) is 4.24. The quantitative estimate of drug-likeness (QED) is 0.771. The van der Waals surface area contributed by atoms with Gasteiger partial charge in [0.15, 0.2) is 0 Å². The van der Waals surface area contributed by atoms with Gasteiger partial charge < -0.3 is 4.43 Å². The van der Waals surface area contributed by atoms with E-state index in [-0.39, 0.29) is 0 Å². The van der Waals surface area contributed by atoms with Gasteiger partial charge in [-0.15, -0.1) is 0 Å². The highest BCUT2D eigenvalue weighted by atomic mass is 28.4. The van der Waals surface area contributed by atoms with Gasteiger partial charge >= 0.3 is 0 Å². The molecule has 110 valence electrons. The summed E-state index contributed by atoms with van der Waals surface area (Å²) >= 11 is 0. The van der Waals surface area contributed by atoms with Crippen LogP contribution in [0.25, 0.3) is 0 Å². The zero-order valence-corrected chi connectivity index (χ0v) is 14.3. The van der Waals surface area contributed by atoms with Crippen molar-refractivity contribution in [1.29, 1.82) is 0 Å². The van der Waals surface area contributed by atoms with E-state index in [0.717, 1.165) is 6.61 Å². The van der Waals surface area contributed by atoms with E-state index in [0.29, 0.717) is 0 Å². The van der Waals surface area contributed by atoms with E-state index in [1.165, 1.54) is 45.9 Å². The maximum absolute atomic E-state index is 6.55. The van der Waals surface area contributed by atoms with Crippen LogP contribution in [0.3, 0.4) is 0 Å². The molecule has 0 N–H and O–H groups in total. The Morgan fingerprint density at radius 3 is 2.29 bits per heavy atom. The van der Waals surface area contributed by atoms with Gasteiger partial charge in [-0.1, -0.05) is 48.9 Å². The summed E-state index contributed by atoms with van der Waals surface area (Å²) in [4.78, 5) is 0. The molecular formula is C19H24OSi. The van der Waals surface area contributed by atoms with Crippen LogP contribution in [0, 0.1) is 20.8 Å². The second-order valence-electron chi connectivity index (χ2n) is 6.18. The zero-order chi connectivity index (χ0) is 14.9. The SMILES string of the molecule is Cc1ccc([Si]2(c3ccccc3)CCCCO2)c(C)c1C. The summed E-state index contributed by atoms with van der Waals surface area (Å²) in [5, 5.41) is 2.91. The van der Waals surface area contributed by atoms with Crippen molar-refractivity contribution in [1.82, 2.24) is 0 Å². The molecule has 0 bridgehead atoms. The van der Waals surface area contributed by atoms with Crippen molar-refractivity contribution < 1.29 is 4.43 Å². The Morgan fingerprint density at radius 2 is 1.62 bits per heavy atom. The van der Waals surface area contributed by atoms with Crippen LogP contribution in [-0.2, 0) is 4.43 Å². The molecule has 3 rings (SSSR count). The molecule has 1 heterocycles. The van der Waals surface area contributed by atoms with E-state index in [9.17, 15) is 0 Å². The third-order valence-electron chi connectivity index (χ3n) is 5.00. The largest absolute Gasteiger partial charge is 0.408 e. The molecule has 1 aliphatic rings. The molecule has 0 amide bonds. The van der Waals surface area contributed by atoms with E-state index < -0.39 is 8.32 Å². The predicted molar refractivity (Wildman–Crippen MR) is 92.1 cm³/mol. The second-order valence-corrected chi connectivity index (χ2v) is 9.74. The van der Waals surface area contributed by atoms with Gasteiger partial charge in [0.1, 0.15) is 0 Å². The molecule has 0 aliphatic carbocycles. The molecule has 1 nitrogen and oxygen atoms in total. The van der Waals surface area contributed by atoms with Crippen molar-refractivity contribution in [3.8, 4) is 0 Å². The third kappa shape index (κ3) is 2.47. The number of aryl methyl sites for hydroxylation is 1. The fraction of sp³-hybridized carbons (Fsp3) is 0.368. The molecule has 2 aromatic carbocycles. The Labute approximate surface area is 129 Å². The Hall–Kier alpha value is -1.38. The molecule has 1 atom stereocenters. The lowest BCUT2D eigenvalue weighted by molar-refractivity contribution is 0.283. The highest BCUT2D eigenvalue weighted by Gasteiger charge is 2.42. The first kappa shape index (κ1) is 14.5. The zero-order valence-electron chi connectivity index (χ0n) is 13.3. The van der Waals surface area contributed by atoms with Gasteiger partial charge in [0.05, 0.1) is 0 Å². The second kappa shape index (κ2) is 5.78. The number of benzene rings is 2. The summed E-state index contributed by atoms with van der Waals surface area (Å²) in [6.45, 7) is 7.62. The first-order valence-corrected chi connectivity index (χ1v) is 10.0. The highest BCUT2D eigenvalue weighted by Crippen LogP contribution is 2.24. The molecule has 0 spiro atoms. The Morgan fingerprint density at radius 1 is 0.857 bits per heavy atom. The lowest BCUT2D eigenvalue weighted by Crippen LogP contribution is -2.63. The van der Waals surface area contributed by atoms with Gasteiger partial charge in [0, 0.05) is 6.61 Å². The van der Waals surface area contributed by atoms with Gasteiger partial charge in [-0.2, -0.15) is 0 Å². The Bertz CT molecular complexity index is 628. The van der Waals surface area contributed by atoms with Crippen molar-refractivity contribution >= 4 is 18.7 Å². The highest BCUT2D eigenvalue weighted by molar-refractivity contribution is 6.97. The molecular weight excluding hydrogens is 272 g/mol. The molecule has 1 saturated heterocycles. The topological polar surface area (TPSA) is 9.23 Å². The molecule has 0 radical (unpaired) electrons. The number of hydrogen-bond acceptors (Lipinski definition) is 1. The van der Waals surface area contributed by atoms with Crippen LogP contribution in [0.4, 0.5) is 0 Å². The fourth-order valence-electron chi connectivity index (χ4n) is 3.49. The van der Waals surface area contributed by atoms with Crippen LogP contribution >= 0.6 is 0 Å². The summed E-state index contributed by atoms with van der Waals surface area (Å²) in [7, 11) is -2.03. The first-order valence-electron chi connectivity index (χ1n) is 7.92. The first-order chi connectivity index (χ1) is 10.1. The average Bonchev–Trinajstić information content (AvgIpc) is 2.54. The Balaban J connectivity index is 2.19. The molecule has 21 heavy (non-hydrogen) atoms.